The van der Waals surface area contributed by atoms with Crippen molar-refractivity contribution in [3.8, 4) is 5.75 Å². The molecule has 3 aromatic rings. The van der Waals surface area contributed by atoms with Gasteiger partial charge in [0, 0.05) is 6.07 Å². The van der Waals surface area contributed by atoms with E-state index in [4.69, 9.17) is 14.3 Å². The van der Waals surface area contributed by atoms with E-state index in [0.717, 1.165) is 10.4 Å². The van der Waals surface area contributed by atoms with Crippen LogP contribution < -0.4 is 15.1 Å². The van der Waals surface area contributed by atoms with Crippen LogP contribution in [-0.4, -0.2) is 30.9 Å². The standard InChI is InChI=1S/C25H27NO6Si/c1-25(2,3)33(20-10-6-4-7-11-20,21-12-8-5-9-13-21)32-17-19-14-15-23(31-18-24(27)28)22(16-19)26(29)30/h4-16H,17-18H2,1-3H3,(H,27,28). The second-order valence-corrected chi connectivity index (χ2v) is 13.0. The molecular formula is C25H27NO6Si. The zero-order chi connectivity index (χ0) is 24.1. The first-order chi connectivity index (χ1) is 15.6. The molecule has 0 aromatic heterocycles. The highest BCUT2D eigenvalue weighted by Crippen LogP contribution is 2.38. The Bertz CT molecular complexity index is 1070. The Balaban J connectivity index is 2.02. The molecule has 0 atom stereocenters. The molecular weight excluding hydrogens is 438 g/mol. The third kappa shape index (κ3) is 5.29. The van der Waals surface area contributed by atoms with Gasteiger partial charge in [0.05, 0.1) is 11.5 Å². The number of ether oxygens (including phenoxy) is 1. The van der Waals surface area contributed by atoms with Crippen LogP contribution in [0.5, 0.6) is 5.75 Å². The largest absolute Gasteiger partial charge is 0.479 e. The third-order valence-electron chi connectivity index (χ3n) is 5.44. The van der Waals surface area contributed by atoms with Crippen LogP contribution in [0.3, 0.4) is 0 Å². The second-order valence-electron chi connectivity index (χ2n) is 8.69. The minimum atomic E-state index is -2.80. The molecule has 0 saturated heterocycles. The van der Waals surface area contributed by atoms with Crippen molar-refractivity contribution in [2.24, 2.45) is 0 Å². The summed E-state index contributed by atoms with van der Waals surface area (Å²) >= 11 is 0. The fourth-order valence-corrected chi connectivity index (χ4v) is 8.55. The Kier molecular flexibility index (Phi) is 7.30. The first-order valence-corrected chi connectivity index (χ1v) is 12.4. The highest BCUT2D eigenvalue weighted by molar-refractivity contribution is 6.99. The summed E-state index contributed by atoms with van der Waals surface area (Å²) in [4.78, 5) is 21.8. The number of carboxylic acids is 1. The van der Waals surface area contributed by atoms with Gasteiger partial charge in [0.2, 0.25) is 0 Å². The van der Waals surface area contributed by atoms with Gasteiger partial charge in [-0.1, -0.05) is 87.5 Å². The van der Waals surface area contributed by atoms with Crippen LogP contribution in [0.15, 0.2) is 78.9 Å². The van der Waals surface area contributed by atoms with Crippen molar-refractivity contribution in [3.63, 3.8) is 0 Å². The van der Waals surface area contributed by atoms with Gasteiger partial charge in [0.1, 0.15) is 0 Å². The molecule has 0 aliphatic rings. The van der Waals surface area contributed by atoms with Crippen molar-refractivity contribution in [2.45, 2.75) is 32.4 Å². The van der Waals surface area contributed by atoms with E-state index in [2.05, 4.69) is 45.0 Å². The summed E-state index contributed by atoms with van der Waals surface area (Å²) in [6.07, 6.45) is 0. The van der Waals surface area contributed by atoms with Gasteiger partial charge >= 0.3 is 11.7 Å². The van der Waals surface area contributed by atoms with Crippen LogP contribution in [0.25, 0.3) is 0 Å². The Morgan fingerprint density at radius 2 is 1.52 bits per heavy atom. The van der Waals surface area contributed by atoms with E-state index in [-0.39, 0.29) is 23.1 Å². The van der Waals surface area contributed by atoms with Crippen molar-refractivity contribution >= 4 is 30.3 Å². The summed E-state index contributed by atoms with van der Waals surface area (Å²) in [5.41, 5.74) is 0.317. The maximum absolute atomic E-state index is 11.6. The molecule has 7 nitrogen and oxygen atoms in total. The number of nitro groups is 1. The summed E-state index contributed by atoms with van der Waals surface area (Å²) in [7, 11) is -2.80. The lowest BCUT2D eigenvalue weighted by atomic mass is 10.2. The Labute approximate surface area is 193 Å². The monoisotopic (exact) mass is 465 g/mol. The Hall–Kier alpha value is -3.49. The third-order valence-corrected chi connectivity index (χ3v) is 10.4. The topological polar surface area (TPSA) is 98.9 Å². The van der Waals surface area contributed by atoms with Gasteiger partial charge in [-0.05, 0) is 27.0 Å². The number of carbonyl (C=O) groups is 1. The minimum Gasteiger partial charge on any atom is -0.479 e. The van der Waals surface area contributed by atoms with E-state index >= 15 is 0 Å². The number of carboxylic acid groups (broad SMARTS) is 1. The molecule has 3 rings (SSSR count). The average Bonchev–Trinajstić information content (AvgIpc) is 2.79. The lowest BCUT2D eigenvalue weighted by molar-refractivity contribution is -0.385. The summed E-state index contributed by atoms with van der Waals surface area (Å²) in [5, 5.41) is 22.4. The van der Waals surface area contributed by atoms with Gasteiger partial charge in [-0.2, -0.15) is 0 Å². The number of aliphatic carboxylic acids is 1. The molecule has 0 heterocycles. The molecule has 0 radical (unpaired) electrons. The molecule has 0 unspecified atom stereocenters. The molecule has 0 saturated carbocycles. The van der Waals surface area contributed by atoms with Crippen LogP contribution in [0, 0.1) is 10.1 Å². The molecule has 0 bridgehead atoms. The van der Waals surface area contributed by atoms with Crippen molar-refractivity contribution < 1.29 is 24.0 Å². The first-order valence-electron chi connectivity index (χ1n) is 10.5. The fraction of sp³-hybridized carbons (Fsp3) is 0.240. The van der Waals surface area contributed by atoms with Crippen molar-refractivity contribution in [1.29, 1.82) is 0 Å². The molecule has 0 aliphatic heterocycles. The molecule has 0 aliphatic carbocycles. The molecule has 3 aromatic carbocycles. The van der Waals surface area contributed by atoms with Crippen LogP contribution in [0.4, 0.5) is 5.69 Å². The molecule has 0 fully saturated rings. The van der Waals surface area contributed by atoms with Gasteiger partial charge in [0.15, 0.2) is 12.4 Å². The smallest absolute Gasteiger partial charge is 0.341 e. The SMILES string of the molecule is CC(C)(C)[Si](OCc1ccc(OCC(=O)O)c([N+](=O)[O-])c1)(c1ccccc1)c1ccccc1. The van der Waals surface area contributed by atoms with Gasteiger partial charge < -0.3 is 14.3 Å². The van der Waals surface area contributed by atoms with Crippen LogP contribution in [0.2, 0.25) is 5.04 Å². The number of hydrogen-bond donors (Lipinski definition) is 1. The van der Waals surface area contributed by atoms with E-state index < -0.39 is 25.8 Å². The van der Waals surface area contributed by atoms with E-state index in [1.807, 2.05) is 36.4 Å². The summed E-state index contributed by atoms with van der Waals surface area (Å²) in [6, 6.07) is 24.7. The van der Waals surface area contributed by atoms with E-state index in [9.17, 15) is 14.9 Å². The Morgan fingerprint density at radius 3 is 1.97 bits per heavy atom. The quantitative estimate of drug-likeness (QED) is 0.290. The van der Waals surface area contributed by atoms with Crippen molar-refractivity contribution in [2.75, 3.05) is 6.61 Å². The van der Waals surface area contributed by atoms with Crippen molar-refractivity contribution in [1.82, 2.24) is 0 Å². The predicted molar refractivity (Wildman–Crippen MR) is 129 cm³/mol. The predicted octanol–water partition coefficient (Wildman–Crippen LogP) is 4.13. The molecule has 172 valence electrons. The minimum absolute atomic E-state index is 0.0865. The second kappa shape index (κ2) is 9.97. The average molecular weight is 466 g/mol. The molecule has 8 heteroatoms. The fourth-order valence-electron chi connectivity index (χ4n) is 4.01. The summed E-state index contributed by atoms with van der Waals surface area (Å²) in [6.45, 7) is 5.98. The zero-order valence-electron chi connectivity index (χ0n) is 18.9. The van der Waals surface area contributed by atoms with Crippen LogP contribution in [-0.2, 0) is 15.8 Å². The van der Waals surface area contributed by atoms with E-state index in [1.54, 1.807) is 6.07 Å². The maximum atomic E-state index is 11.6. The molecule has 1 N–H and O–H groups in total. The molecule has 0 amide bonds. The van der Waals surface area contributed by atoms with Crippen molar-refractivity contribution in [3.05, 3.63) is 94.5 Å². The maximum Gasteiger partial charge on any atom is 0.341 e. The van der Waals surface area contributed by atoms with Gasteiger partial charge in [-0.3, -0.25) is 10.1 Å². The van der Waals surface area contributed by atoms with Gasteiger partial charge in [-0.25, -0.2) is 4.79 Å². The molecule has 33 heavy (non-hydrogen) atoms. The number of nitrogens with zero attached hydrogens (tertiary/aromatic N) is 1. The zero-order valence-corrected chi connectivity index (χ0v) is 19.9. The van der Waals surface area contributed by atoms with E-state index in [1.165, 1.54) is 12.1 Å². The Morgan fingerprint density at radius 1 is 0.970 bits per heavy atom. The summed E-state index contributed by atoms with van der Waals surface area (Å²) < 4.78 is 11.9. The number of rotatable bonds is 9. The normalized spacial score (nSPS) is 11.7. The highest BCUT2D eigenvalue weighted by Gasteiger charge is 2.50. The summed E-state index contributed by atoms with van der Waals surface area (Å²) in [5.74, 6) is -1.29. The van der Waals surface area contributed by atoms with Gasteiger partial charge in [0.25, 0.3) is 8.32 Å². The lowest BCUT2D eigenvalue weighted by Crippen LogP contribution is -2.66. The number of nitro benzene ring substituents is 1. The number of benzene rings is 3. The molecule has 0 spiro atoms. The highest BCUT2D eigenvalue weighted by atomic mass is 28.4. The first kappa shape index (κ1) is 24.2. The van der Waals surface area contributed by atoms with Gasteiger partial charge in [-0.15, -0.1) is 0 Å². The van der Waals surface area contributed by atoms with E-state index in [0.29, 0.717) is 5.56 Å². The number of hydrogen-bond acceptors (Lipinski definition) is 5. The lowest BCUT2D eigenvalue weighted by Gasteiger charge is -2.43. The van der Waals surface area contributed by atoms with Crippen LogP contribution in [0.1, 0.15) is 26.3 Å². The van der Waals surface area contributed by atoms with Crippen LogP contribution >= 0.6 is 0 Å².